The first-order valence-electron chi connectivity index (χ1n) is 8.09. The summed E-state index contributed by atoms with van der Waals surface area (Å²) in [6.45, 7) is 2.98. The molecule has 1 atom stereocenters. The third-order valence-corrected chi connectivity index (χ3v) is 5.34. The third-order valence-electron chi connectivity index (χ3n) is 4.23. The molecule has 26 heavy (non-hydrogen) atoms. The molecule has 9 heteroatoms. The van der Waals surface area contributed by atoms with Crippen LogP contribution in [0.25, 0.3) is 0 Å². The molecule has 1 amide bonds. The number of likely N-dealkylation sites (tertiary alicyclic amines) is 1. The van der Waals surface area contributed by atoms with Crippen LogP contribution in [0.1, 0.15) is 39.9 Å². The number of amides is 1. The second-order valence-electron chi connectivity index (χ2n) is 5.85. The van der Waals surface area contributed by atoms with E-state index in [1.165, 1.54) is 24.2 Å². The Morgan fingerprint density at radius 3 is 2.69 bits per heavy atom. The van der Waals surface area contributed by atoms with E-state index in [2.05, 4.69) is 21.3 Å². The summed E-state index contributed by atoms with van der Waals surface area (Å²) in [7, 11) is 0. The van der Waals surface area contributed by atoms with E-state index in [1.807, 2.05) is 18.2 Å². The molecule has 1 saturated heterocycles. The van der Waals surface area contributed by atoms with Crippen molar-refractivity contribution in [2.75, 3.05) is 19.6 Å². The molecule has 2 aromatic rings. The van der Waals surface area contributed by atoms with Gasteiger partial charge in [0.1, 0.15) is 10.7 Å². The van der Waals surface area contributed by atoms with Gasteiger partial charge in [0.2, 0.25) is 0 Å². The van der Waals surface area contributed by atoms with Gasteiger partial charge in [-0.1, -0.05) is 23.7 Å². The number of nitrogens with one attached hydrogen (secondary N) is 1. The zero-order valence-corrected chi connectivity index (χ0v) is 17.4. The Labute approximate surface area is 175 Å². The minimum atomic E-state index is -0.155. The predicted octanol–water partition coefficient (Wildman–Crippen LogP) is 3.67. The lowest BCUT2D eigenvalue weighted by molar-refractivity contribution is 0.0933. The second kappa shape index (κ2) is 11.1. The molecule has 1 aromatic carbocycles. The smallest absolute Gasteiger partial charge is 0.270 e. The van der Waals surface area contributed by atoms with E-state index < -0.39 is 0 Å². The van der Waals surface area contributed by atoms with Crippen molar-refractivity contribution < 1.29 is 4.79 Å². The lowest BCUT2D eigenvalue weighted by atomic mass is 10.1. The van der Waals surface area contributed by atoms with Crippen LogP contribution in [-0.2, 0) is 6.54 Å². The third kappa shape index (κ3) is 5.81. The molecule has 0 radical (unpaired) electrons. The number of benzene rings is 1. The second-order valence-corrected chi connectivity index (χ2v) is 7.23. The normalized spacial score (nSPS) is 15.0. The van der Waals surface area contributed by atoms with Crippen molar-refractivity contribution in [2.24, 2.45) is 5.73 Å². The Morgan fingerprint density at radius 1 is 1.35 bits per heavy atom. The van der Waals surface area contributed by atoms with Gasteiger partial charge in [0.05, 0.1) is 6.04 Å². The van der Waals surface area contributed by atoms with Gasteiger partial charge in [-0.15, -0.1) is 36.2 Å². The Hall–Kier alpha value is -0.890. The maximum absolute atomic E-state index is 12.3. The quantitative estimate of drug-likeness (QED) is 0.723. The van der Waals surface area contributed by atoms with Gasteiger partial charge in [0.15, 0.2) is 0 Å². The minimum Gasteiger partial charge on any atom is -0.349 e. The lowest BCUT2D eigenvalue weighted by Gasteiger charge is -2.28. The van der Waals surface area contributed by atoms with Crippen molar-refractivity contribution in [1.82, 2.24) is 15.2 Å². The van der Waals surface area contributed by atoms with E-state index in [0.717, 1.165) is 28.7 Å². The first-order chi connectivity index (χ1) is 11.7. The van der Waals surface area contributed by atoms with Crippen molar-refractivity contribution in [1.29, 1.82) is 0 Å². The molecule has 3 rings (SSSR count). The lowest BCUT2D eigenvalue weighted by Crippen LogP contribution is -2.37. The molecule has 1 aliphatic heterocycles. The molecule has 144 valence electrons. The number of hydrogen-bond donors (Lipinski definition) is 2. The summed E-state index contributed by atoms with van der Waals surface area (Å²) in [4.78, 5) is 19.0. The van der Waals surface area contributed by atoms with Crippen LogP contribution in [0.3, 0.4) is 0 Å². The van der Waals surface area contributed by atoms with Gasteiger partial charge in [-0.05, 0) is 43.6 Å². The Morgan fingerprint density at radius 2 is 2.08 bits per heavy atom. The van der Waals surface area contributed by atoms with E-state index in [0.29, 0.717) is 18.8 Å². The first kappa shape index (κ1) is 23.1. The van der Waals surface area contributed by atoms with Crippen molar-refractivity contribution in [3.05, 3.63) is 50.9 Å². The van der Waals surface area contributed by atoms with Crippen LogP contribution in [0.15, 0.2) is 29.6 Å². The zero-order valence-electron chi connectivity index (χ0n) is 14.2. The largest absolute Gasteiger partial charge is 0.349 e. The van der Waals surface area contributed by atoms with Crippen LogP contribution >= 0.6 is 47.8 Å². The Kier molecular flexibility index (Phi) is 9.85. The van der Waals surface area contributed by atoms with Gasteiger partial charge in [-0.2, -0.15) is 0 Å². The molecule has 0 spiro atoms. The maximum atomic E-state index is 12.3. The van der Waals surface area contributed by atoms with E-state index in [1.54, 1.807) is 5.38 Å². The highest BCUT2D eigenvalue weighted by molar-refractivity contribution is 7.09. The monoisotopic (exact) mass is 436 g/mol. The summed E-state index contributed by atoms with van der Waals surface area (Å²) in [5, 5.41) is 6.25. The highest BCUT2D eigenvalue weighted by Crippen LogP contribution is 2.26. The summed E-state index contributed by atoms with van der Waals surface area (Å²) in [5.41, 5.74) is 7.12. The molecule has 1 unspecified atom stereocenters. The molecular formula is C17H23Cl3N4OS. The number of aromatic nitrogens is 1. The Bertz CT molecular complexity index is 707. The SMILES string of the molecule is Cl.Cl.NCc1nc(C(=O)NCC(c2cccc(Cl)c2)N2CCCC2)cs1. The van der Waals surface area contributed by atoms with Crippen LogP contribution < -0.4 is 11.1 Å². The molecular weight excluding hydrogens is 415 g/mol. The summed E-state index contributed by atoms with van der Waals surface area (Å²) in [6, 6.07) is 8.00. The van der Waals surface area contributed by atoms with Gasteiger partial charge in [0, 0.05) is 23.5 Å². The number of hydrogen-bond acceptors (Lipinski definition) is 5. The highest BCUT2D eigenvalue weighted by Gasteiger charge is 2.24. The molecule has 0 bridgehead atoms. The van der Waals surface area contributed by atoms with Crippen LogP contribution in [0, 0.1) is 0 Å². The molecule has 5 nitrogen and oxygen atoms in total. The number of nitrogens with zero attached hydrogens (tertiary/aromatic N) is 2. The highest BCUT2D eigenvalue weighted by atomic mass is 35.5. The molecule has 1 aliphatic rings. The average Bonchev–Trinajstić information content (AvgIpc) is 3.27. The van der Waals surface area contributed by atoms with Crippen LogP contribution in [0.2, 0.25) is 5.02 Å². The minimum absolute atomic E-state index is 0. The standard InChI is InChI=1S/C17H21ClN4OS.2ClH/c18-13-5-3-4-12(8-13)15(22-6-1-2-7-22)10-20-17(23)14-11-24-16(9-19)21-14;;/h3-5,8,11,15H,1-2,6-7,9-10,19H2,(H,20,23);2*1H. The summed E-state index contributed by atoms with van der Waals surface area (Å²) in [6.07, 6.45) is 2.38. The fourth-order valence-electron chi connectivity index (χ4n) is 3.01. The fourth-order valence-corrected chi connectivity index (χ4v) is 3.87. The number of thiazole rings is 1. The van der Waals surface area contributed by atoms with Crippen molar-refractivity contribution >= 4 is 53.7 Å². The van der Waals surface area contributed by atoms with E-state index >= 15 is 0 Å². The molecule has 2 heterocycles. The van der Waals surface area contributed by atoms with Crippen molar-refractivity contribution in [3.8, 4) is 0 Å². The summed E-state index contributed by atoms with van der Waals surface area (Å²) in [5.74, 6) is -0.155. The predicted molar refractivity (Wildman–Crippen MR) is 112 cm³/mol. The number of carbonyl (C=O) groups is 1. The van der Waals surface area contributed by atoms with Crippen molar-refractivity contribution in [2.45, 2.75) is 25.4 Å². The number of nitrogens with two attached hydrogens (primary N) is 1. The van der Waals surface area contributed by atoms with E-state index in [4.69, 9.17) is 17.3 Å². The number of rotatable bonds is 6. The molecule has 0 saturated carbocycles. The molecule has 1 fully saturated rings. The maximum Gasteiger partial charge on any atom is 0.270 e. The fraction of sp³-hybridized carbons (Fsp3) is 0.412. The van der Waals surface area contributed by atoms with Gasteiger partial charge in [0.25, 0.3) is 5.91 Å². The van der Waals surface area contributed by atoms with Crippen LogP contribution in [-0.4, -0.2) is 35.4 Å². The molecule has 0 aliphatic carbocycles. The Balaban J connectivity index is 0.00000169. The zero-order chi connectivity index (χ0) is 16.9. The van der Waals surface area contributed by atoms with Crippen LogP contribution in [0.5, 0.6) is 0 Å². The molecule has 1 aromatic heterocycles. The van der Waals surface area contributed by atoms with Crippen molar-refractivity contribution in [3.63, 3.8) is 0 Å². The molecule has 3 N–H and O–H groups in total. The average molecular weight is 438 g/mol. The summed E-state index contributed by atoms with van der Waals surface area (Å²) >= 11 is 7.56. The van der Waals surface area contributed by atoms with Gasteiger partial charge >= 0.3 is 0 Å². The number of carbonyl (C=O) groups excluding carboxylic acids is 1. The van der Waals surface area contributed by atoms with Gasteiger partial charge in [-0.25, -0.2) is 4.98 Å². The number of halogens is 3. The van der Waals surface area contributed by atoms with Gasteiger partial charge in [-0.3, -0.25) is 9.69 Å². The topological polar surface area (TPSA) is 71.2 Å². The van der Waals surface area contributed by atoms with Gasteiger partial charge < -0.3 is 11.1 Å². The van der Waals surface area contributed by atoms with Crippen LogP contribution in [0.4, 0.5) is 0 Å². The summed E-state index contributed by atoms with van der Waals surface area (Å²) < 4.78 is 0. The first-order valence-corrected chi connectivity index (χ1v) is 9.35. The van der Waals surface area contributed by atoms with E-state index in [-0.39, 0.29) is 36.8 Å². The van der Waals surface area contributed by atoms with E-state index in [9.17, 15) is 4.79 Å².